The Morgan fingerprint density at radius 3 is 2.05 bits per heavy atom. The molecule has 0 bridgehead atoms. The Bertz CT molecular complexity index is 612. The minimum absolute atomic E-state index is 0.378. The molecule has 0 heterocycles. The van der Waals surface area contributed by atoms with E-state index < -0.39 is 0 Å². The molecule has 0 saturated heterocycles. The Labute approximate surface area is 132 Å². The van der Waals surface area contributed by atoms with E-state index in [1.54, 1.807) is 6.07 Å². The lowest BCUT2D eigenvalue weighted by Crippen LogP contribution is -1.97. The zero-order valence-electron chi connectivity index (χ0n) is 10.1. The van der Waals surface area contributed by atoms with E-state index in [4.69, 9.17) is 52.1 Å². The molecule has 0 amide bonds. The van der Waals surface area contributed by atoms with Crippen molar-refractivity contribution in [3.8, 4) is 11.1 Å². The molecule has 0 aliphatic carbocycles. The summed E-state index contributed by atoms with van der Waals surface area (Å²) in [4.78, 5) is 0. The SMILES string of the molecule is Cc1ccc(CN)cc1-c1c(Cl)c(Cl)cc(Cl)c1Cl. The molecule has 0 saturated carbocycles. The first-order valence-electron chi connectivity index (χ1n) is 5.58. The molecule has 100 valence electrons. The van der Waals surface area contributed by atoms with E-state index in [9.17, 15) is 0 Å². The molecular formula is C14H11Cl4N. The van der Waals surface area contributed by atoms with Crippen molar-refractivity contribution in [2.24, 2.45) is 5.73 Å². The number of benzene rings is 2. The number of nitrogens with two attached hydrogens (primary N) is 1. The minimum atomic E-state index is 0.378. The van der Waals surface area contributed by atoms with E-state index in [2.05, 4.69) is 0 Å². The summed E-state index contributed by atoms with van der Waals surface area (Å²) in [6.45, 7) is 2.41. The standard InChI is InChI=1S/C14H11Cl4N/c1-7-2-3-8(6-19)4-9(7)12-13(17)10(15)5-11(16)14(12)18/h2-5H,6,19H2,1H3. The zero-order valence-corrected chi connectivity index (χ0v) is 13.1. The third kappa shape index (κ3) is 2.86. The van der Waals surface area contributed by atoms with Gasteiger partial charge in [-0.2, -0.15) is 0 Å². The van der Waals surface area contributed by atoms with E-state index >= 15 is 0 Å². The van der Waals surface area contributed by atoms with Crippen LogP contribution < -0.4 is 5.73 Å². The molecular weight excluding hydrogens is 324 g/mol. The highest BCUT2D eigenvalue weighted by Crippen LogP contribution is 2.44. The van der Waals surface area contributed by atoms with Crippen LogP contribution in [0.15, 0.2) is 24.3 Å². The van der Waals surface area contributed by atoms with Gasteiger partial charge in [-0.3, -0.25) is 0 Å². The summed E-state index contributed by atoms with van der Waals surface area (Å²) in [6, 6.07) is 7.43. The Morgan fingerprint density at radius 1 is 0.947 bits per heavy atom. The van der Waals surface area contributed by atoms with Crippen LogP contribution in [-0.2, 0) is 6.54 Å². The van der Waals surface area contributed by atoms with Crippen LogP contribution in [0, 0.1) is 6.92 Å². The average molecular weight is 335 g/mol. The van der Waals surface area contributed by atoms with Crippen LogP contribution in [0.5, 0.6) is 0 Å². The fraction of sp³-hybridized carbons (Fsp3) is 0.143. The van der Waals surface area contributed by atoms with Crippen molar-refractivity contribution >= 4 is 46.4 Å². The van der Waals surface area contributed by atoms with Gasteiger partial charge in [0.05, 0.1) is 20.1 Å². The Hall–Kier alpha value is -0.440. The number of hydrogen-bond acceptors (Lipinski definition) is 1. The fourth-order valence-electron chi connectivity index (χ4n) is 1.88. The van der Waals surface area contributed by atoms with Crippen molar-refractivity contribution in [2.75, 3.05) is 0 Å². The first-order valence-corrected chi connectivity index (χ1v) is 7.09. The van der Waals surface area contributed by atoms with Crippen LogP contribution in [-0.4, -0.2) is 0 Å². The van der Waals surface area contributed by atoms with Crippen LogP contribution in [0.4, 0.5) is 0 Å². The molecule has 0 aromatic heterocycles. The minimum Gasteiger partial charge on any atom is -0.326 e. The largest absolute Gasteiger partial charge is 0.326 e. The topological polar surface area (TPSA) is 26.0 Å². The summed E-state index contributed by atoms with van der Waals surface area (Å²) < 4.78 is 0. The normalized spacial score (nSPS) is 10.8. The second kappa shape index (κ2) is 5.90. The predicted octanol–water partition coefficient (Wildman–Crippen LogP) is 5.73. The third-order valence-corrected chi connectivity index (χ3v) is 4.49. The second-order valence-electron chi connectivity index (χ2n) is 4.20. The molecule has 0 aliphatic rings. The van der Waals surface area contributed by atoms with Crippen LogP contribution in [0.1, 0.15) is 11.1 Å². The van der Waals surface area contributed by atoms with Gasteiger partial charge in [0.15, 0.2) is 0 Å². The number of aryl methyl sites for hydroxylation is 1. The molecule has 2 aromatic carbocycles. The Balaban J connectivity index is 2.78. The highest BCUT2D eigenvalue weighted by atomic mass is 35.5. The lowest BCUT2D eigenvalue weighted by molar-refractivity contribution is 1.07. The van der Waals surface area contributed by atoms with Gasteiger partial charge in [-0.15, -0.1) is 0 Å². The van der Waals surface area contributed by atoms with Crippen molar-refractivity contribution in [3.05, 3.63) is 55.5 Å². The summed E-state index contributed by atoms with van der Waals surface area (Å²) in [5.41, 5.74) is 9.22. The first-order chi connectivity index (χ1) is 8.95. The van der Waals surface area contributed by atoms with Gasteiger partial charge < -0.3 is 5.73 Å². The fourth-order valence-corrected chi connectivity index (χ4v) is 2.89. The van der Waals surface area contributed by atoms with Gasteiger partial charge in [0, 0.05) is 12.1 Å². The van der Waals surface area contributed by atoms with Crippen molar-refractivity contribution in [3.63, 3.8) is 0 Å². The monoisotopic (exact) mass is 333 g/mol. The highest BCUT2D eigenvalue weighted by Gasteiger charge is 2.17. The molecule has 0 aliphatic heterocycles. The molecule has 19 heavy (non-hydrogen) atoms. The van der Waals surface area contributed by atoms with E-state index in [0.29, 0.717) is 32.2 Å². The Morgan fingerprint density at radius 2 is 1.53 bits per heavy atom. The van der Waals surface area contributed by atoms with Crippen LogP contribution in [0.2, 0.25) is 20.1 Å². The molecule has 0 unspecified atom stereocenters. The van der Waals surface area contributed by atoms with E-state index in [1.807, 2.05) is 25.1 Å². The average Bonchev–Trinajstić information content (AvgIpc) is 2.39. The lowest BCUT2D eigenvalue weighted by Gasteiger charge is -2.14. The summed E-state index contributed by atoms with van der Waals surface area (Å²) >= 11 is 24.7. The lowest BCUT2D eigenvalue weighted by atomic mass is 9.98. The van der Waals surface area contributed by atoms with Gasteiger partial charge in [-0.25, -0.2) is 0 Å². The van der Waals surface area contributed by atoms with Crippen LogP contribution in [0.25, 0.3) is 11.1 Å². The molecule has 0 atom stereocenters. The molecule has 0 spiro atoms. The summed E-state index contributed by atoms with van der Waals surface area (Å²) in [5, 5.41) is 1.55. The Kier molecular flexibility index (Phi) is 4.65. The molecule has 0 fully saturated rings. The van der Waals surface area contributed by atoms with E-state index in [-0.39, 0.29) is 0 Å². The van der Waals surface area contributed by atoms with Gasteiger partial charge in [0.25, 0.3) is 0 Å². The quantitative estimate of drug-likeness (QED) is 0.697. The van der Waals surface area contributed by atoms with Crippen LogP contribution in [0.3, 0.4) is 0 Å². The molecule has 5 heteroatoms. The van der Waals surface area contributed by atoms with Gasteiger partial charge in [0.1, 0.15) is 0 Å². The third-order valence-electron chi connectivity index (χ3n) is 2.92. The van der Waals surface area contributed by atoms with Crippen LogP contribution >= 0.6 is 46.4 Å². The van der Waals surface area contributed by atoms with Crippen molar-refractivity contribution < 1.29 is 0 Å². The number of hydrogen-bond donors (Lipinski definition) is 1. The van der Waals surface area contributed by atoms with Crippen molar-refractivity contribution in [2.45, 2.75) is 13.5 Å². The summed E-state index contributed by atoms with van der Waals surface area (Å²) in [5.74, 6) is 0. The molecule has 1 nitrogen and oxygen atoms in total. The number of rotatable bonds is 2. The van der Waals surface area contributed by atoms with E-state index in [1.165, 1.54) is 0 Å². The smallest absolute Gasteiger partial charge is 0.0686 e. The van der Waals surface area contributed by atoms with Gasteiger partial charge in [0.2, 0.25) is 0 Å². The predicted molar refractivity (Wildman–Crippen MR) is 84.5 cm³/mol. The zero-order chi connectivity index (χ0) is 14.2. The van der Waals surface area contributed by atoms with Crippen molar-refractivity contribution in [1.82, 2.24) is 0 Å². The maximum Gasteiger partial charge on any atom is 0.0686 e. The summed E-state index contributed by atoms with van der Waals surface area (Å²) in [6.07, 6.45) is 0. The molecule has 2 rings (SSSR count). The number of halogens is 4. The highest BCUT2D eigenvalue weighted by molar-refractivity contribution is 6.50. The molecule has 2 N–H and O–H groups in total. The summed E-state index contributed by atoms with van der Waals surface area (Å²) in [7, 11) is 0. The van der Waals surface area contributed by atoms with Gasteiger partial charge in [-0.1, -0.05) is 58.5 Å². The van der Waals surface area contributed by atoms with Gasteiger partial charge in [-0.05, 0) is 35.7 Å². The first kappa shape index (κ1) is 15.0. The van der Waals surface area contributed by atoms with E-state index in [0.717, 1.165) is 16.7 Å². The molecule has 2 aromatic rings. The molecule has 0 radical (unpaired) electrons. The maximum atomic E-state index is 6.27. The van der Waals surface area contributed by atoms with Crippen molar-refractivity contribution in [1.29, 1.82) is 0 Å². The van der Waals surface area contributed by atoms with Gasteiger partial charge >= 0.3 is 0 Å². The maximum absolute atomic E-state index is 6.27. The second-order valence-corrected chi connectivity index (χ2v) is 5.77.